The summed E-state index contributed by atoms with van der Waals surface area (Å²) in [5, 5.41) is 12.6. The zero-order valence-electron chi connectivity index (χ0n) is 22.5. The van der Waals surface area contributed by atoms with Gasteiger partial charge in [-0.1, -0.05) is 49.0 Å². The van der Waals surface area contributed by atoms with Gasteiger partial charge in [0.15, 0.2) is 0 Å². The summed E-state index contributed by atoms with van der Waals surface area (Å²) in [7, 11) is 0. The van der Waals surface area contributed by atoms with Gasteiger partial charge in [0.1, 0.15) is 27.8 Å². The number of primary amides is 1. The van der Waals surface area contributed by atoms with E-state index in [9.17, 15) is 14.9 Å². The molecule has 0 aliphatic carbocycles. The van der Waals surface area contributed by atoms with Crippen molar-refractivity contribution in [1.82, 2.24) is 10.3 Å². The molecule has 3 rings (SSSR count). The third-order valence-electron chi connectivity index (χ3n) is 6.36. The zero-order chi connectivity index (χ0) is 28.1. The zero-order valence-corrected chi connectivity index (χ0v) is 23.3. The van der Waals surface area contributed by atoms with E-state index in [-0.39, 0.29) is 0 Å². The lowest BCUT2D eigenvalue weighted by molar-refractivity contribution is -0.117. The van der Waals surface area contributed by atoms with Crippen LogP contribution in [0.5, 0.6) is 0 Å². The third-order valence-corrected chi connectivity index (χ3v) is 7.62. The number of piperidine rings is 1. The van der Waals surface area contributed by atoms with Gasteiger partial charge in [-0.15, -0.1) is 0 Å². The predicted molar refractivity (Wildman–Crippen MR) is 148 cm³/mol. The molecule has 1 unspecified atom stereocenters. The Morgan fingerprint density at radius 3 is 2.45 bits per heavy atom. The van der Waals surface area contributed by atoms with E-state index in [1.165, 1.54) is 0 Å². The summed E-state index contributed by atoms with van der Waals surface area (Å²) in [5.41, 5.74) is 6.64. The number of nitrogens with two attached hydrogens (primary N) is 1. The molecule has 0 spiro atoms. The van der Waals surface area contributed by atoms with Crippen molar-refractivity contribution < 1.29 is 14.3 Å². The maximum absolute atomic E-state index is 12.4. The van der Waals surface area contributed by atoms with Gasteiger partial charge in [0.05, 0.1) is 12.1 Å². The number of benzene rings is 1. The van der Waals surface area contributed by atoms with Gasteiger partial charge in [0, 0.05) is 18.6 Å². The normalized spacial score (nSPS) is 15.6. The minimum atomic E-state index is -0.741. The number of amides is 2. The van der Waals surface area contributed by atoms with Crippen LogP contribution in [0.15, 0.2) is 35.4 Å². The molecule has 1 saturated heterocycles. The summed E-state index contributed by atoms with van der Waals surface area (Å²) in [5.74, 6) is -0.0587. The first kappa shape index (κ1) is 28.8. The topological polar surface area (TPSA) is 126 Å². The van der Waals surface area contributed by atoms with Gasteiger partial charge >= 0.3 is 6.09 Å². The second kappa shape index (κ2) is 11.7. The SMILES string of the molecule is [C-]#[N+]c1c(N2CCC(C)(NC(=O)OC(C)(C)C)CC2)nc(SC(C(N)=O)c2ccccc2)c(C#N)c1CC. The predicted octanol–water partition coefficient (Wildman–Crippen LogP) is 5.27. The van der Waals surface area contributed by atoms with Gasteiger partial charge in [-0.3, -0.25) is 4.79 Å². The molecule has 1 aliphatic rings. The number of hydrogen-bond donors (Lipinski definition) is 2. The Morgan fingerprint density at radius 2 is 1.95 bits per heavy atom. The lowest BCUT2D eigenvalue weighted by atomic mass is 9.89. The molecular weight excluding hydrogens is 500 g/mol. The number of pyridine rings is 1. The standard InChI is InChI=1S/C28H34N6O3S/c1-7-19-20(17-29)25(38-22(23(30)35)18-11-9-8-10-12-18)32-24(21(19)31-6)34-15-13-28(5,14-16-34)33-26(36)37-27(2,3)4/h8-12,22H,7,13-16H2,1-5H3,(H2,30,35)(H,33,36). The highest BCUT2D eigenvalue weighted by Crippen LogP contribution is 2.43. The summed E-state index contributed by atoms with van der Waals surface area (Å²) in [6, 6.07) is 11.3. The Labute approximate surface area is 228 Å². The molecule has 200 valence electrons. The molecule has 9 nitrogen and oxygen atoms in total. The molecule has 1 aromatic heterocycles. The van der Waals surface area contributed by atoms with Crippen LogP contribution in [0.1, 0.15) is 69.4 Å². The van der Waals surface area contributed by atoms with Crippen molar-refractivity contribution in [2.45, 2.75) is 75.3 Å². The van der Waals surface area contributed by atoms with Crippen LogP contribution in [-0.2, 0) is 16.0 Å². The summed E-state index contributed by atoms with van der Waals surface area (Å²) < 4.78 is 5.43. The molecule has 1 atom stereocenters. The van der Waals surface area contributed by atoms with E-state index in [0.717, 1.165) is 11.8 Å². The van der Waals surface area contributed by atoms with Crippen LogP contribution in [-0.4, -0.2) is 41.2 Å². The fraction of sp³-hybridized carbons (Fsp3) is 0.464. The summed E-state index contributed by atoms with van der Waals surface area (Å²) >= 11 is 1.13. The van der Waals surface area contributed by atoms with Crippen LogP contribution in [0.25, 0.3) is 4.85 Å². The Balaban J connectivity index is 1.94. The molecule has 0 saturated carbocycles. The molecular formula is C28H34N6O3S. The number of hydrogen-bond acceptors (Lipinski definition) is 7. The minimum Gasteiger partial charge on any atom is -0.444 e. The monoisotopic (exact) mass is 534 g/mol. The first-order valence-electron chi connectivity index (χ1n) is 12.5. The van der Waals surface area contributed by atoms with Gasteiger partial charge in [0.2, 0.25) is 11.6 Å². The molecule has 2 heterocycles. The van der Waals surface area contributed by atoms with Crippen LogP contribution in [0, 0.1) is 17.9 Å². The summed E-state index contributed by atoms with van der Waals surface area (Å²) in [6.07, 6.45) is 1.23. The van der Waals surface area contributed by atoms with Crippen molar-refractivity contribution in [1.29, 1.82) is 5.26 Å². The number of nitrogens with one attached hydrogen (secondary N) is 1. The number of carbonyl (C=O) groups is 2. The van der Waals surface area contributed by atoms with Crippen molar-refractivity contribution in [2.24, 2.45) is 5.73 Å². The van der Waals surface area contributed by atoms with Crippen molar-refractivity contribution in [3.8, 4) is 6.07 Å². The van der Waals surface area contributed by atoms with E-state index in [1.807, 2.05) is 69.9 Å². The molecule has 0 bridgehead atoms. The molecule has 1 aliphatic heterocycles. The number of rotatable bonds is 7. The Morgan fingerprint density at radius 1 is 1.32 bits per heavy atom. The summed E-state index contributed by atoms with van der Waals surface area (Å²) in [4.78, 5) is 35.4. The quantitative estimate of drug-likeness (QED) is 0.366. The molecule has 1 aromatic carbocycles. The maximum Gasteiger partial charge on any atom is 0.408 e. The van der Waals surface area contributed by atoms with Gasteiger partial charge in [-0.2, -0.15) is 5.26 Å². The maximum atomic E-state index is 12.4. The fourth-order valence-electron chi connectivity index (χ4n) is 4.39. The van der Waals surface area contributed by atoms with Gasteiger partial charge in [0.25, 0.3) is 0 Å². The van der Waals surface area contributed by atoms with E-state index >= 15 is 0 Å². The molecule has 3 N–H and O–H groups in total. The third kappa shape index (κ3) is 6.76. The van der Waals surface area contributed by atoms with Crippen LogP contribution in [0.4, 0.5) is 16.3 Å². The number of alkyl carbamates (subject to hydrolysis) is 1. The fourth-order valence-corrected chi connectivity index (χ4v) is 5.45. The van der Waals surface area contributed by atoms with Crippen LogP contribution in [0.2, 0.25) is 0 Å². The second-order valence-electron chi connectivity index (χ2n) is 10.5. The van der Waals surface area contributed by atoms with Crippen LogP contribution in [0.3, 0.4) is 0 Å². The van der Waals surface area contributed by atoms with Crippen molar-refractivity contribution in [2.75, 3.05) is 18.0 Å². The molecule has 10 heteroatoms. The van der Waals surface area contributed by atoms with Crippen molar-refractivity contribution in [3.63, 3.8) is 0 Å². The first-order valence-corrected chi connectivity index (χ1v) is 13.4. The van der Waals surface area contributed by atoms with Gasteiger partial charge in [-0.25, -0.2) is 14.6 Å². The van der Waals surface area contributed by atoms with E-state index in [0.29, 0.717) is 65.6 Å². The lowest BCUT2D eigenvalue weighted by Crippen LogP contribution is -2.54. The number of nitriles is 1. The van der Waals surface area contributed by atoms with Gasteiger partial charge < -0.3 is 20.7 Å². The highest BCUT2D eigenvalue weighted by Gasteiger charge is 2.35. The Bertz CT molecular complexity index is 1270. The number of ether oxygens (including phenoxy) is 1. The largest absolute Gasteiger partial charge is 0.444 e. The van der Waals surface area contributed by atoms with Crippen molar-refractivity contribution in [3.05, 3.63) is 58.4 Å². The van der Waals surface area contributed by atoms with Crippen LogP contribution >= 0.6 is 11.8 Å². The minimum absolute atomic E-state index is 0.294. The Hall–Kier alpha value is -3.76. The molecule has 2 amide bonds. The number of aromatic nitrogens is 1. The molecule has 38 heavy (non-hydrogen) atoms. The number of carbonyl (C=O) groups excluding carboxylic acids is 2. The second-order valence-corrected chi connectivity index (χ2v) is 11.6. The van der Waals surface area contributed by atoms with E-state index < -0.39 is 28.4 Å². The van der Waals surface area contributed by atoms with E-state index in [2.05, 4.69) is 16.2 Å². The number of anilines is 1. The van der Waals surface area contributed by atoms with Crippen LogP contribution < -0.4 is 16.0 Å². The Kier molecular flexibility index (Phi) is 8.90. The van der Waals surface area contributed by atoms with E-state index in [4.69, 9.17) is 22.0 Å². The van der Waals surface area contributed by atoms with Gasteiger partial charge in [-0.05, 0) is 58.1 Å². The lowest BCUT2D eigenvalue weighted by Gasteiger charge is -2.41. The smallest absolute Gasteiger partial charge is 0.408 e. The average Bonchev–Trinajstić information content (AvgIpc) is 2.85. The summed E-state index contributed by atoms with van der Waals surface area (Å²) in [6.45, 7) is 18.3. The highest BCUT2D eigenvalue weighted by molar-refractivity contribution is 8.00. The molecule has 1 fully saturated rings. The highest BCUT2D eigenvalue weighted by atomic mass is 32.2. The first-order chi connectivity index (χ1) is 17.9. The molecule has 2 aromatic rings. The van der Waals surface area contributed by atoms with Crippen molar-refractivity contribution >= 4 is 35.3 Å². The number of thioether (sulfide) groups is 1. The number of nitrogens with zero attached hydrogens (tertiary/aromatic N) is 4. The average molecular weight is 535 g/mol. The van der Waals surface area contributed by atoms with E-state index in [1.54, 1.807) is 0 Å². The molecule has 0 radical (unpaired) electrons.